The monoisotopic (exact) mass is 567 g/mol. The van der Waals surface area contributed by atoms with Crippen molar-refractivity contribution in [2.24, 2.45) is 0 Å². The standard InChI is InChI=1S/C24H26INO5S/c1-4-29-20-10-8-19(9-11-20)26-16-18-14-22(25)24(23(15-18)30-5-2)31-32(27,28)21-12-6-17(3)7-13-21/h6-15,26H,4-5,16H2,1-3H3. The number of aryl methyl sites for hydroxylation is 1. The van der Waals surface area contributed by atoms with E-state index in [-0.39, 0.29) is 10.6 Å². The van der Waals surface area contributed by atoms with Crippen LogP contribution in [0.25, 0.3) is 0 Å². The quantitative estimate of drug-likeness (QED) is 0.248. The second kappa shape index (κ2) is 10.9. The minimum absolute atomic E-state index is 0.0996. The topological polar surface area (TPSA) is 73.9 Å². The normalized spacial score (nSPS) is 11.1. The van der Waals surface area contributed by atoms with Crippen LogP contribution >= 0.6 is 22.6 Å². The number of hydrogen-bond donors (Lipinski definition) is 1. The Morgan fingerprint density at radius 1 is 0.906 bits per heavy atom. The maximum atomic E-state index is 12.8. The Morgan fingerprint density at radius 3 is 2.19 bits per heavy atom. The number of benzene rings is 3. The van der Waals surface area contributed by atoms with Gasteiger partial charge in [-0.25, -0.2) is 0 Å². The van der Waals surface area contributed by atoms with E-state index in [1.807, 2.05) is 51.1 Å². The summed E-state index contributed by atoms with van der Waals surface area (Å²) < 4.78 is 42.9. The van der Waals surface area contributed by atoms with Gasteiger partial charge in [-0.05, 0) is 97.5 Å². The van der Waals surface area contributed by atoms with Gasteiger partial charge < -0.3 is 19.0 Å². The summed E-state index contributed by atoms with van der Waals surface area (Å²) in [5.74, 6) is 1.40. The van der Waals surface area contributed by atoms with Gasteiger partial charge in [0.15, 0.2) is 11.5 Å². The molecule has 1 N–H and O–H groups in total. The predicted octanol–water partition coefficient (Wildman–Crippen LogP) is 5.78. The highest BCUT2D eigenvalue weighted by molar-refractivity contribution is 14.1. The van der Waals surface area contributed by atoms with E-state index in [1.165, 1.54) is 12.1 Å². The number of ether oxygens (including phenoxy) is 2. The Morgan fingerprint density at radius 2 is 1.56 bits per heavy atom. The second-order valence-electron chi connectivity index (χ2n) is 7.00. The lowest BCUT2D eigenvalue weighted by Crippen LogP contribution is -2.12. The molecule has 0 heterocycles. The molecule has 6 nitrogen and oxygen atoms in total. The van der Waals surface area contributed by atoms with Crippen LogP contribution in [0.3, 0.4) is 0 Å². The second-order valence-corrected chi connectivity index (χ2v) is 9.71. The van der Waals surface area contributed by atoms with Gasteiger partial charge in [-0.3, -0.25) is 0 Å². The first-order chi connectivity index (χ1) is 15.3. The van der Waals surface area contributed by atoms with Crippen molar-refractivity contribution in [1.82, 2.24) is 0 Å². The summed E-state index contributed by atoms with van der Waals surface area (Å²) in [5.41, 5.74) is 2.86. The molecule has 0 aromatic heterocycles. The molecule has 0 amide bonds. The minimum atomic E-state index is -3.98. The molecule has 0 saturated carbocycles. The summed E-state index contributed by atoms with van der Waals surface area (Å²) in [6.45, 7) is 7.23. The molecule has 3 aromatic carbocycles. The highest BCUT2D eigenvalue weighted by atomic mass is 127. The fourth-order valence-corrected chi connectivity index (χ4v) is 4.85. The van der Waals surface area contributed by atoms with Gasteiger partial charge in [0.2, 0.25) is 0 Å². The fraction of sp³-hybridized carbons (Fsp3) is 0.250. The van der Waals surface area contributed by atoms with Crippen LogP contribution in [0, 0.1) is 10.5 Å². The number of anilines is 1. The van der Waals surface area contributed by atoms with E-state index in [1.54, 1.807) is 18.2 Å². The van der Waals surface area contributed by atoms with E-state index in [2.05, 4.69) is 27.9 Å². The lowest BCUT2D eigenvalue weighted by Gasteiger charge is -2.16. The molecule has 0 bridgehead atoms. The predicted molar refractivity (Wildman–Crippen MR) is 134 cm³/mol. The zero-order valence-corrected chi connectivity index (χ0v) is 21.2. The highest BCUT2D eigenvalue weighted by Crippen LogP contribution is 2.36. The average Bonchev–Trinajstić information content (AvgIpc) is 2.76. The van der Waals surface area contributed by atoms with Gasteiger partial charge in [-0.1, -0.05) is 17.7 Å². The summed E-state index contributed by atoms with van der Waals surface area (Å²) in [6, 6.07) is 17.9. The molecular formula is C24H26INO5S. The summed E-state index contributed by atoms with van der Waals surface area (Å²) in [7, 11) is -3.98. The van der Waals surface area contributed by atoms with E-state index >= 15 is 0 Å². The van der Waals surface area contributed by atoms with Crippen molar-refractivity contribution in [3.05, 3.63) is 75.4 Å². The van der Waals surface area contributed by atoms with Gasteiger partial charge in [-0.15, -0.1) is 0 Å². The molecular weight excluding hydrogens is 541 g/mol. The average molecular weight is 567 g/mol. The van der Waals surface area contributed by atoms with Crippen LogP contribution in [0.2, 0.25) is 0 Å². The van der Waals surface area contributed by atoms with Crippen molar-refractivity contribution >= 4 is 38.4 Å². The molecule has 32 heavy (non-hydrogen) atoms. The first-order valence-corrected chi connectivity index (χ1v) is 12.7. The van der Waals surface area contributed by atoms with Gasteiger partial charge in [0.05, 0.1) is 16.8 Å². The Labute approximate surface area is 203 Å². The van der Waals surface area contributed by atoms with Crippen LogP contribution < -0.4 is 19.0 Å². The maximum absolute atomic E-state index is 12.8. The third kappa shape index (κ3) is 6.29. The first kappa shape index (κ1) is 24.2. The van der Waals surface area contributed by atoms with Crippen molar-refractivity contribution in [3.63, 3.8) is 0 Å². The maximum Gasteiger partial charge on any atom is 0.339 e. The van der Waals surface area contributed by atoms with Crippen LogP contribution in [-0.2, 0) is 16.7 Å². The molecule has 170 valence electrons. The Kier molecular flexibility index (Phi) is 8.25. The molecule has 0 aliphatic carbocycles. The summed E-state index contributed by atoms with van der Waals surface area (Å²) >= 11 is 2.07. The molecule has 3 aromatic rings. The fourth-order valence-electron chi connectivity index (χ4n) is 2.97. The van der Waals surface area contributed by atoms with Crippen molar-refractivity contribution < 1.29 is 22.1 Å². The molecule has 0 fully saturated rings. The molecule has 8 heteroatoms. The summed E-state index contributed by atoms with van der Waals surface area (Å²) in [4.78, 5) is 0.0996. The van der Waals surface area contributed by atoms with Crippen molar-refractivity contribution in [2.75, 3.05) is 18.5 Å². The van der Waals surface area contributed by atoms with Gasteiger partial charge in [0.25, 0.3) is 0 Å². The van der Waals surface area contributed by atoms with Crippen molar-refractivity contribution in [2.45, 2.75) is 32.2 Å². The van der Waals surface area contributed by atoms with Crippen LogP contribution in [-0.4, -0.2) is 21.6 Å². The lowest BCUT2D eigenvalue weighted by atomic mass is 10.2. The van der Waals surface area contributed by atoms with E-state index in [0.717, 1.165) is 22.6 Å². The third-order valence-corrected chi connectivity index (χ3v) is 6.57. The number of halogens is 1. The molecule has 0 atom stereocenters. The van der Waals surface area contributed by atoms with Gasteiger partial charge in [0, 0.05) is 12.2 Å². The van der Waals surface area contributed by atoms with Crippen molar-refractivity contribution in [3.8, 4) is 17.2 Å². The van der Waals surface area contributed by atoms with Crippen LogP contribution in [0.1, 0.15) is 25.0 Å². The molecule has 0 aliphatic heterocycles. The molecule has 0 aliphatic rings. The number of hydrogen-bond acceptors (Lipinski definition) is 6. The number of rotatable bonds is 10. The summed E-state index contributed by atoms with van der Waals surface area (Å²) in [5, 5.41) is 3.35. The molecule has 0 radical (unpaired) electrons. The van der Waals surface area contributed by atoms with E-state index < -0.39 is 10.1 Å². The SMILES string of the molecule is CCOc1ccc(NCc2cc(I)c(OS(=O)(=O)c3ccc(C)cc3)c(OCC)c2)cc1. The Bertz CT molecular complexity index is 1150. The largest absolute Gasteiger partial charge is 0.494 e. The Hall–Kier alpha value is -2.46. The molecule has 0 saturated heterocycles. The Balaban J connectivity index is 1.80. The van der Waals surface area contributed by atoms with Gasteiger partial charge in [-0.2, -0.15) is 8.42 Å². The molecule has 0 spiro atoms. The minimum Gasteiger partial charge on any atom is -0.494 e. The van der Waals surface area contributed by atoms with Gasteiger partial charge in [0.1, 0.15) is 10.6 Å². The smallest absolute Gasteiger partial charge is 0.339 e. The number of nitrogens with one attached hydrogen (secondary N) is 1. The summed E-state index contributed by atoms with van der Waals surface area (Å²) in [6.07, 6.45) is 0. The lowest BCUT2D eigenvalue weighted by molar-refractivity contribution is 0.326. The van der Waals surface area contributed by atoms with E-state index in [0.29, 0.717) is 29.1 Å². The van der Waals surface area contributed by atoms with Crippen LogP contribution in [0.5, 0.6) is 17.2 Å². The third-order valence-electron chi connectivity index (χ3n) is 4.53. The zero-order valence-electron chi connectivity index (χ0n) is 18.2. The van der Waals surface area contributed by atoms with E-state index in [9.17, 15) is 8.42 Å². The van der Waals surface area contributed by atoms with Gasteiger partial charge >= 0.3 is 10.1 Å². The molecule has 0 unspecified atom stereocenters. The van der Waals surface area contributed by atoms with E-state index in [4.69, 9.17) is 13.7 Å². The van der Waals surface area contributed by atoms with Crippen LogP contribution in [0.4, 0.5) is 5.69 Å². The van der Waals surface area contributed by atoms with Crippen LogP contribution in [0.15, 0.2) is 65.6 Å². The molecule has 3 rings (SSSR count). The zero-order chi connectivity index (χ0) is 23.1. The highest BCUT2D eigenvalue weighted by Gasteiger charge is 2.22. The first-order valence-electron chi connectivity index (χ1n) is 10.3. The van der Waals surface area contributed by atoms with Crippen molar-refractivity contribution in [1.29, 1.82) is 0 Å².